The first kappa shape index (κ1) is 8.52. The second kappa shape index (κ2) is 3.75. The van der Waals surface area contributed by atoms with Gasteiger partial charge in [0.1, 0.15) is 0 Å². The standard InChI is InChI=1S/C10H20N2/c1-8-9(5-6-11-8)7-12-10-3-2-4-10/h8-12H,2-7H2,1H3. The van der Waals surface area contributed by atoms with Crippen molar-refractivity contribution in [3.05, 3.63) is 0 Å². The first-order valence-corrected chi connectivity index (χ1v) is 5.33. The summed E-state index contributed by atoms with van der Waals surface area (Å²) in [5.74, 6) is 0.880. The van der Waals surface area contributed by atoms with Crippen LogP contribution in [0.1, 0.15) is 32.6 Å². The molecule has 1 aliphatic heterocycles. The van der Waals surface area contributed by atoms with E-state index in [0.29, 0.717) is 0 Å². The van der Waals surface area contributed by atoms with Crippen LogP contribution in [0.4, 0.5) is 0 Å². The predicted molar refractivity (Wildman–Crippen MR) is 51.2 cm³/mol. The minimum atomic E-state index is 0.734. The SMILES string of the molecule is CC1NCCC1CNC1CCC1. The van der Waals surface area contributed by atoms with Gasteiger partial charge in [-0.1, -0.05) is 6.42 Å². The van der Waals surface area contributed by atoms with E-state index >= 15 is 0 Å². The van der Waals surface area contributed by atoms with E-state index in [0.717, 1.165) is 18.0 Å². The summed E-state index contributed by atoms with van der Waals surface area (Å²) in [5.41, 5.74) is 0. The molecule has 0 radical (unpaired) electrons. The smallest absolute Gasteiger partial charge is 0.00795 e. The van der Waals surface area contributed by atoms with Crippen LogP contribution in [-0.4, -0.2) is 25.2 Å². The van der Waals surface area contributed by atoms with Crippen molar-refractivity contribution in [1.82, 2.24) is 10.6 Å². The van der Waals surface area contributed by atoms with E-state index in [-0.39, 0.29) is 0 Å². The monoisotopic (exact) mass is 168 g/mol. The average Bonchev–Trinajstić information content (AvgIpc) is 2.33. The van der Waals surface area contributed by atoms with Gasteiger partial charge in [-0.3, -0.25) is 0 Å². The Labute approximate surface area is 75.1 Å². The molecule has 0 bridgehead atoms. The van der Waals surface area contributed by atoms with Crippen LogP contribution in [0.2, 0.25) is 0 Å². The summed E-state index contributed by atoms with van der Waals surface area (Å²) in [6.07, 6.45) is 5.63. The van der Waals surface area contributed by atoms with Crippen molar-refractivity contribution >= 4 is 0 Å². The summed E-state index contributed by atoms with van der Waals surface area (Å²) in [6, 6.07) is 1.59. The summed E-state index contributed by atoms with van der Waals surface area (Å²) >= 11 is 0. The van der Waals surface area contributed by atoms with Gasteiger partial charge in [0.05, 0.1) is 0 Å². The fourth-order valence-electron chi connectivity index (χ4n) is 2.12. The topological polar surface area (TPSA) is 24.1 Å². The molecule has 2 fully saturated rings. The van der Waals surface area contributed by atoms with Gasteiger partial charge in [-0.15, -0.1) is 0 Å². The Bertz CT molecular complexity index is 143. The molecule has 2 rings (SSSR count). The third-order valence-corrected chi connectivity index (χ3v) is 3.46. The van der Waals surface area contributed by atoms with Crippen molar-refractivity contribution in [2.45, 2.75) is 44.7 Å². The Morgan fingerprint density at radius 3 is 2.67 bits per heavy atom. The van der Waals surface area contributed by atoms with Gasteiger partial charge in [-0.25, -0.2) is 0 Å². The Kier molecular flexibility index (Phi) is 2.66. The largest absolute Gasteiger partial charge is 0.314 e. The lowest BCUT2D eigenvalue weighted by molar-refractivity contribution is 0.309. The Balaban J connectivity index is 1.64. The van der Waals surface area contributed by atoms with E-state index in [4.69, 9.17) is 0 Å². The van der Waals surface area contributed by atoms with Crippen molar-refractivity contribution in [3.63, 3.8) is 0 Å². The normalized spacial score (nSPS) is 36.8. The van der Waals surface area contributed by atoms with Crippen LogP contribution in [0.15, 0.2) is 0 Å². The molecule has 1 saturated heterocycles. The third-order valence-electron chi connectivity index (χ3n) is 3.46. The van der Waals surface area contributed by atoms with E-state index in [9.17, 15) is 0 Å². The molecule has 0 aromatic heterocycles. The Morgan fingerprint density at radius 2 is 2.17 bits per heavy atom. The second-order valence-electron chi connectivity index (χ2n) is 4.33. The van der Waals surface area contributed by atoms with Gasteiger partial charge in [-0.05, 0) is 45.2 Å². The van der Waals surface area contributed by atoms with Gasteiger partial charge in [0.25, 0.3) is 0 Å². The molecule has 1 saturated carbocycles. The lowest BCUT2D eigenvalue weighted by atomic mass is 9.92. The first-order chi connectivity index (χ1) is 5.86. The zero-order valence-corrected chi connectivity index (χ0v) is 7.97. The Hall–Kier alpha value is -0.0800. The molecule has 2 N–H and O–H groups in total. The number of hydrogen-bond donors (Lipinski definition) is 2. The van der Waals surface area contributed by atoms with Gasteiger partial charge < -0.3 is 10.6 Å². The fourth-order valence-corrected chi connectivity index (χ4v) is 2.12. The summed E-state index contributed by atoms with van der Waals surface area (Å²) in [7, 11) is 0. The molecule has 0 aromatic rings. The lowest BCUT2D eigenvalue weighted by Gasteiger charge is -2.28. The van der Waals surface area contributed by atoms with Crippen LogP contribution in [0.5, 0.6) is 0 Å². The van der Waals surface area contributed by atoms with Crippen LogP contribution in [0.3, 0.4) is 0 Å². The predicted octanol–water partition coefficient (Wildman–Crippen LogP) is 1.13. The zero-order chi connectivity index (χ0) is 8.39. The van der Waals surface area contributed by atoms with Crippen molar-refractivity contribution < 1.29 is 0 Å². The van der Waals surface area contributed by atoms with E-state index in [1.807, 2.05) is 0 Å². The highest BCUT2D eigenvalue weighted by atomic mass is 15.0. The van der Waals surface area contributed by atoms with E-state index in [1.54, 1.807) is 0 Å². The summed E-state index contributed by atoms with van der Waals surface area (Å²) in [5, 5.41) is 7.14. The molecule has 2 heteroatoms. The zero-order valence-electron chi connectivity index (χ0n) is 7.97. The molecule has 2 atom stereocenters. The van der Waals surface area contributed by atoms with Gasteiger partial charge in [0.2, 0.25) is 0 Å². The van der Waals surface area contributed by atoms with E-state index in [1.165, 1.54) is 38.8 Å². The van der Waals surface area contributed by atoms with Crippen LogP contribution in [0.25, 0.3) is 0 Å². The van der Waals surface area contributed by atoms with Crippen molar-refractivity contribution in [1.29, 1.82) is 0 Å². The molecule has 2 aliphatic rings. The lowest BCUT2D eigenvalue weighted by Crippen LogP contribution is -2.40. The number of rotatable bonds is 3. The van der Waals surface area contributed by atoms with E-state index < -0.39 is 0 Å². The van der Waals surface area contributed by atoms with Gasteiger partial charge in [0, 0.05) is 12.1 Å². The third kappa shape index (κ3) is 1.80. The van der Waals surface area contributed by atoms with Crippen LogP contribution < -0.4 is 10.6 Å². The molecule has 2 unspecified atom stereocenters. The molecule has 0 aromatic carbocycles. The van der Waals surface area contributed by atoms with Crippen LogP contribution >= 0.6 is 0 Å². The average molecular weight is 168 g/mol. The van der Waals surface area contributed by atoms with Crippen LogP contribution in [-0.2, 0) is 0 Å². The molecular weight excluding hydrogens is 148 g/mol. The highest BCUT2D eigenvalue weighted by Gasteiger charge is 2.24. The minimum absolute atomic E-state index is 0.734. The van der Waals surface area contributed by atoms with Gasteiger partial charge in [0.15, 0.2) is 0 Å². The maximum absolute atomic E-state index is 3.65. The summed E-state index contributed by atoms with van der Waals surface area (Å²) < 4.78 is 0. The molecule has 70 valence electrons. The summed E-state index contributed by atoms with van der Waals surface area (Å²) in [4.78, 5) is 0. The number of hydrogen-bond acceptors (Lipinski definition) is 2. The fraction of sp³-hybridized carbons (Fsp3) is 1.00. The van der Waals surface area contributed by atoms with Crippen LogP contribution in [0, 0.1) is 5.92 Å². The molecular formula is C10H20N2. The van der Waals surface area contributed by atoms with Crippen molar-refractivity contribution in [2.24, 2.45) is 5.92 Å². The maximum atomic E-state index is 3.65. The highest BCUT2D eigenvalue weighted by Crippen LogP contribution is 2.20. The first-order valence-electron chi connectivity index (χ1n) is 5.33. The molecule has 0 amide bonds. The second-order valence-corrected chi connectivity index (χ2v) is 4.33. The molecule has 12 heavy (non-hydrogen) atoms. The van der Waals surface area contributed by atoms with E-state index in [2.05, 4.69) is 17.6 Å². The summed E-state index contributed by atoms with van der Waals surface area (Å²) in [6.45, 7) is 4.76. The maximum Gasteiger partial charge on any atom is 0.00795 e. The molecule has 0 spiro atoms. The van der Waals surface area contributed by atoms with Crippen molar-refractivity contribution in [2.75, 3.05) is 13.1 Å². The Morgan fingerprint density at radius 1 is 1.33 bits per heavy atom. The van der Waals surface area contributed by atoms with Gasteiger partial charge in [-0.2, -0.15) is 0 Å². The van der Waals surface area contributed by atoms with Crippen molar-refractivity contribution in [3.8, 4) is 0 Å². The quantitative estimate of drug-likeness (QED) is 0.660. The molecule has 1 aliphatic carbocycles. The number of nitrogens with one attached hydrogen (secondary N) is 2. The molecule has 1 heterocycles. The minimum Gasteiger partial charge on any atom is -0.314 e. The highest BCUT2D eigenvalue weighted by molar-refractivity contribution is 4.84. The van der Waals surface area contributed by atoms with Gasteiger partial charge >= 0.3 is 0 Å². The molecule has 2 nitrogen and oxygen atoms in total.